The van der Waals surface area contributed by atoms with E-state index in [1.54, 1.807) is 28.2 Å². The van der Waals surface area contributed by atoms with E-state index in [2.05, 4.69) is 10.1 Å². The van der Waals surface area contributed by atoms with Gasteiger partial charge in [-0.15, -0.1) is 11.3 Å². The molecule has 3 aromatic rings. The number of amides is 1. The number of carbonyl (C=O) groups excluding carboxylic acids is 1. The molecule has 3 heterocycles. The maximum absolute atomic E-state index is 12.7. The van der Waals surface area contributed by atoms with Crippen molar-refractivity contribution in [3.05, 3.63) is 47.7 Å². The van der Waals surface area contributed by atoms with Gasteiger partial charge in [-0.05, 0) is 12.1 Å². The molecule has 1 atom stereocenters. The Kier molecular flexibility index (Phi) is 4.34. The molecule has 8 heteroatoms. The number of benzene rings is 1. The predicted octanol–water partition coefficient (Wildman–Crippen LogP) is 2.46. The van der Waals surface area contributed by atoms with Gasteiger partial charge < -0.3 is 14.4 Å². The van der Waals surface area contributed by atoms with Crippen LogP contribution < -0.4 is 9.47 Å². The lowest BCUT2D eigenvalue weighted by atomic mass is 10.2. The molecule has 134 valence electrons. The second-order valence-electron chi connectivity index (χ2n) is 6.12. The first-order valence-corrected chi connectivity index (χ1v) is 9.06. The van der Waals surface area contributed by atoms with E-state index in [4.69, 9.17) is 9.47 Å². The van der Waals surface area contributed by atoms with Crippen molar-refractivity contribution in [2.45, 2.75) is 6.10 Å². The molecule has 1 unspecified atom stereocenters. The van der Waals surface area contributed by atoms with Gasteiger partial charge >= 0.3 is 0 Å². The predicted molar refractivity (Wildman–Crippen MR) is 97.6 cm³/mol. The summed E-state index contributed by atoms with van der Waals surface area (Å²) in [6.45, 7) is 0.833. The van der Waals surface area contributed by atoms with Gasteiger partial charge in [-0.1, -0.05) is 12.1 Å². The van der Waals surface area contributed by atoms with E-state index >= 15 is 0 Å². The van der Waals surface area contributed by atoms with E-state index in [9.17, 15) is 4.79 Å². The van der Waals surface area contributed by atoms with Crippen LogP contribution in [0.2, 0.25) is 0 Å². The van der Waals surface area contributed by atoms with Gasteiger partial charge in [-0.25, -0.2) is 4.98 Å². The summed E-state index contributed by atoms with van der Waals surface area (Å²) < 4.78 is 13.3. The highest BCUT2D eigenvalue weighted by Crippen LogP contribution is 2.31. The molecule has 2 aromatic heterocycles. The first-order valence-electron chi connectivity index (χ1n) is 8.18. The van der Waals surface area contributed by atoms with Crippen LogP contribution in [0, 0.1) is 0 Å². The lowest BCUT2D eigenvalue weighted by molar-refractivity contribution is 0.0518. The number of likely N-dealkylation sites (N-methyl/N-ethyl adjacent to an activating group) is 1. The fourth-order valence-corrected chi connectivity index (χ4v) is 3.54. The number of para-hydroxylation sites is 2. The molecule has 1 aliphatic rings. The van der Waals surface area contributed by atoms with Gasteiger partial charge in [0.15, 0.2) is 17.6 Å². The highest BCUT2D eigenvalue weighted by molar-refractivity contribution is 7.13. The van der Waals surface area contributed by atoms with Gasteiger partial charge in [0.1, 0.15) is 17.3 Å². The molecule has 0 fully saturated rings. The fraction of sp³-hybridized carbons (Fsp3) is 0.278. The molecule has 4 rings (SSSR count). The molecule has 1 aromatic carbocycles. The van der Waals surface area contributed by atoms with Crippen molar-refractivity contribution in [3.8, 4) is 22.1 Å². The second kappa shape index (κ2) is 6.80. The van der Waals surface area contributed by atoms with Gasteiger partial charge in [0.05, 0.1) is 12.7 Å². The van der Waals surface area contributed by atoms with Crippen molar-refractivity contribution in [3.63, 3.8) is 0 Å². The third-order valence-corrected chi connectivity index (χ3v) is 4.96. The molecule has 0 bridgehead atoms. The summed E-state index contributed by atoms with van der Waals surface area (Å²) in [5.41, 5.74) is 1.33. The van der Waals surface area contributed by atoms with E-state index < -0.39 is 0 Å². The van der Waals surface area contributed by atoms with Crippen LogP contribution in [0.1, 0.15) is 10.5 Å². The van der Waals surface area contributed by atoms with Crippen molar-refractivity contribution in [1.29, 1.82) is 0 Å². The summed E-state index contributed by atoms with van der Waals surface area (Å²) in [6, 6.07) is 7.54. The SMILES string of the molecule is CN(CC1COc2ccccc2O1)C(=O)c1csc(-c2cnn(C)c2)n1. The number of hydrogen-bond acceptors (Lipinski definition) is 6. The van der Waals surface area contributed by atoms with Crippen LogP contribution in [0.5, 0.6) is 11.5 Å². The zero-order valence-electron chi connectivity index (χ0n) is 14.5. The number of nitrogens with zero attached hydrogens (tertiary/aromatic N) is 4. The number of carbonyl (C=O) groups is 1. The molecule has 1 aliphatic heterocycles. The van der Waals surface area contributed by atoms with E-state index in [0.29, 0.717) is 24.6 Å². The van der Waals surface area contributed by atoms with Gasteiger partial charge in [-0.3, -0.25) is 9.48 Å². The molecule has 0 saturated heterocycles. The van der Waals surface area contributed by atoms with Gasteiger partial charge in [0, 0.05) is 31.2 Å². The third kappa shape index (κ3) is 3.28. The lowest BCUT2D eigenvalue weighted by Gasteiger charge is -2.29. The van der Waals surface area contributed by atoms with Crippen molar-refractivity contribution >= 4 is 17.2 Å². The minimum atomic E-state index is -0.213. The number of rotatable bonds is 4. The first-order chi connectivity index (χ1) is 12.6. The summed E-state index contributed by atoms with van der Waals surface area (Å²) in [5, 5.41) is 6.69. The number of aryl methyl sites for hydroxylation is 1. The smallest absolute Gasteiger partial charge is 0.273 e. The molecule has 0 radical (unpaired) electrons. The molecule has 0 N–H and O–H groups in total. The van der Waals surface area contributed by atoms with Crippen molar-refractivity contribution in [1.82, 2.24) is 19.7 Å². The van der Waals surface area contributed by atoms with Crippen LogP contribution in [0.3, 0.4) is 0 Å². The van der Waals surface area contributed by atoms with Crippen molar-refractivity contribution < 1.29 is 14.3 Å². The highest BCUT2D eigenvalue weighted by atomic mass is 32.1. The Hall–Kier alpha value is -2.87. The van der Waals surface area contributed by atoms with Crippen molar-refractivity contribution in [2.75, 3.05) is 20.2 Å². The molecule has 0 spiro atoms. The van der Waals surface area contributed by atoms with Crippen LogP contribution in [0.4, 0.5) is 0 Å². The first kappa shape index (κ1) is 16.6. The minimum Gasteiger partial charge on any atom is -0.486 e. The average molecular weight is 370 g/mol. The number of fused-ring (bicyclic) bond motifs is 1. The Morgan fingerprint density at radius 3 is 2.96 bits per heavy atom. The maximum atomic E-state index is 12.7. The number of ether oxygens (including phenoxy) is 2. The van der Waals surface area contributed by atoms with E-state index in [1.165, 1.54) is 11.3 Å². The summed E-state index contributed by atoms with van der Waals surface area (Å²) >= 11 is 1.43. The Morgan fingerprint density at radius 1 is 1.38 bits per heavy atom. The zero-order chi connectivity index (χ0) is 18.1. The number of aromatic nitrogens is 3. The largest absolute Gasteiger partial charge is 0.486 e. The quantitative estimate of drug-likeness (QED) is 0.706. The average Bonchev–Trinajstić information content (AvgIpc) is 3.30. The summed E-state index contributed by atoms with van der Waals surface area (Å²) in [4.78, 5) is 18.7. The van der Waals surface area contributed by atoms with Gasteiger partial charge in [0.2, 0.25) is 0 Å². The fourth-order valence-electron chi connectivity index (χ4n) is 2.77. The zero-order valence-corrected chi connectivity index (χ0v) is 15.3. The molecular weight excluding hydrogens is 352 g/mol. The molecule has 26 heavy (non-hydrogen) atoms. The van der Waals surface area contributed by atoms with Crippen molar-refractivity contribution in [2.24, 2.45) is 7.05 Å². The maximum Gasteiger partial charge on any atom is 0.273 e. The Morgan fingerprint density at radius 2 is 2.19 bits per heavy atom. The number of hydrogen-bond donors (Lipinski definition) is 0. The molecular formula is C18H18N4O3S. The normalized spacial score (nSPS) is 15.7. The monoisotopic (exact) mass is 370 g/mol. The van der Waals surface area contributed by atoms with E-state index in [-0.39, 0.29) is 12.0 Å². The summed E-state index contributed by atoms with van der Waals surface area (Å²) in [5.74, 6) is 1.30. The Labute approximate surface area is 154 Å². The summed E-state index contributed by atoms with van der Waals surface area (Å²) in [7, 11) is 3.59. The molecule has 7 nitrogen and oxygen atoms in total. The number of thiazole rings is 1. The molecule has 0 saturated carbocycles. The van der Waals surface area contributed by atoms with E-state index in [1.807, 2.05) is 37.5 Å². The topological polar surface area (TPSA) is 69.5 Å². The lowest BCUT2D eigenvalue weighted by Crippen LogP contribution is -2.41. The Bertz CT molecular complexity index is 936. The standard InChI is InChI=1S/C18H18N4O3S/c1-21(9-13-10-24-15-5-3-4-6-16(15)25-13)18(23)14-11-26-17(20-14)12-7-19-22(2)8-12/h3-8,11,13H,9-10H2,1-2H3. The van der Waals surface area contributed by atoms with E-state index in [0.717, 1.165) is 16.3 Å². The van der Waals surface area contributed by atoms with Crippen LogP contribution >= 0.6 is 11.3 Å². The molecule has 0 aliphatic carbocycles. The van der Waals surface area contributed by atoms with Crippen LogP contribution in [-0.2, 0) is 7.05 Å². The highest BCUT2D eigenvalue weighted by Gasteiger charge is 2.25. The molecule has 1 amide bonds. The van der Waals surface area contributed by atoms with Gasteiger partial charge in [-0.2, -0.15) is 5.10 Å². The Balaban J connectivity index is 1.42. The van der Waals surface area contributed by atoms with Crippen LogP contribution in [-0.4, -0.2) is 51.9 Å². The van der Waals surface area contributed by atoms with Crippen LogP contribution in [0.25, 0.3) is 10.6 Å². The van der Waals surface area contributed by atoms with Gasteiger partial charge in [0.25, 0.3) is 5.91 Å². The second-order valence-corrected chi connectivity index (χ2v) is 6.98. The van der Waals surface area contributed by atoms with Crippen LogP contribution in [0.15, 0.2) is 42.0 Å². The summed E-state index contributed by atoms with van der Waals surface area (Å²) in [6.07, 6.45) is 3.40. The minimum absolute atomic E-state index is 0.140. The third-order valence-electron chi connectivity index (χ3n) is 4.07.